The highest BCUT2D eigenvalue weighted by atomic mass is 79.9. The maximum absolute atomic E-state index is 11.8. The molecule has 1 amide bonds. The molecule has 1 aromatic heterocycles. The third-order valence-corrected chi connectivity index (χ3v) is 3.43. The highest BCUT2D eigenvalue weighted by Gasteiger charge is 2.14. The summed E-state index contributed by atoms with van der Waals surface area (Å²) >= 11 is 3.30. The normalized spacial score (nSPS) is 19.5. The predicted octanol–water partition coefficient (Wildman–Crippen LogP) is 2.53. The molecule has 0 radical (unpaired) electrons. The molecule has 0 spiro atoms. The Morgan fingerprint density at radius 1 is 1.50 bits per heavy atom. The van der Waals surface area contributed by atoms with Crippen LogP contribution in [0.15, 0.2) is 22.9 Å². The smallest absolute Gasteiger partial charge is 0.252 e. The molecule has 5 heteroatoms. The number of pyridine rings is 1. The number of nitrogens with one attached hydrogen (secondary N) is 1. The fourth-order valence-corrected chi connectivity index (χ4v) is 2.38. The van der Waals surface area contributed by atoms with E-state index in [1.807, 2.05) is 0 Å². The predicted molar refractivity (Wildman–Crippen MR) is 72.5 cm³/mol. The quantitative estimate of drug-likeness (QED) is 0.929. The number of carbonyl (C=O) groups excluding carboxylic acids is 1. The van der Waals surface area contributed by atoms with Crippen LogP contribution in [0.2, 0.25) is 0 Å². The number of aromatic nitrogens is 1. The van der Waals surface area contributed by atoms with Crippen molar-refractivity contribution in [1.82, 2.24) is 10.3 Å². The van der Waals surface area contributed by atoms with Crippen LogP contribution in [0.4, 0.5) is 0 Å². The van der Waals surface area contributed by atoms with E-state index in [-0.39, 0.29) is 5.91 Å². The molecular weight excluding hydrogens is 296 g/mol. The van der Waals surface area contributed by atoms with Crippen LogP contribution in [-0.2, 0) is 4.74 Å². The summed E-state index contributed by atoms with van der Waals surface area (Å²) < 4.78 is 6.42. The summed E-state index contributed by atoms with van der Waals surface area (Å²) in [5.74, 6) is -0.0837. The number of ether oxygens (including phenoxy) is 1. The van der Waals surface area contributed by atoms with Gasteiger partial charge in [-0.25, -0.2) is 0 Å². The largest absolute Gasteiger partial charge is 0.378 e. The van der Waals surface area contributed by atoms with E-state index in [9.17, 15) is 4.79 Å². The first-order valence-electron chi connectivity index (χ1n) is 6.26. The maximum Gasteiger partial charge on any atom is 0.252 e. The molecule has 1 aromatic rings. The molecule has 1 aliphatic rings. The summed E-state index contributed by atoms with van der Waals surface area (Å²) in [6, 6.07) is 1.76. The van der Waals surface area contributed by atoms with Gasteiger partial charge in [-0.05, 0) is 47.7 Å². The molecule has 0 aliphatic carbocycles. The third kappa shape index (κ3) is 4.07. The van der Waals surface area contributed by atoms with Gasteiger partial charge in [0.15, 0.2) is 0 Å². The van der Waals surface area contributed by atoms with Crippen LogP contribution >= 0.6 is 15.9 Å². The number of halogens is 1. The van der Waals surface area contributed by atoms with E-state index in [0.29, 0.717) is 18.2 Å². The minimum absolute atomic E-state index is 0.0837. The lowest BCUT2D eigenvalue weighted by Crippen LogP contribution is -2.29. The van der Waals surface area contributed by atoms with Crippen LogP contribution in [-0.4, -0.2) is 30.1 Å². The van der Waals surface area contributed by atoms with Crippen LogP contribution in [0, 0.1) is 0 Å². The van der Waals surface area contributed by atoms with Gasteiger partial charge in [-0.2, -0.15) is 0 Å². The second kappa shape index (κ2) is 6.85. The third-order valence-electron chi connectivity index (χ3n) is 2.99. The molecule has 0 saturated carbocycles. The van der Waals surface area contributed by atoms with Crippen molar-refractivity contribution in [2.75, 3.05) is 13.2 Å². The van der Waals surface area contributed by atoms with Crippen molar-refractivity contribution < 1.29 is 9.53 Å². The number of amides is 1. The van der Waals surface area contributed by atoms with Crippen molar-refractivity contribution in [3.8, 4) is 0 Å². The molecule has 4 nitrogen and oxygen atoms in total. The number of carbonyl (C=O) groups is 1. The number of nitrogens with zero attached hydrogens (tertiary/aromatic N) is 1. The minimum atomic E-state index is -0.0837. The summed E-state index contributed by atoms with van der Waals surface area (Å²) in [7, 11) is 0. The van der Waals surface area contributed by atoms with Crippen LogP contribution < -0.4 is 5.32 Å². The van der Waals surface area contributed by atoms with Gasteiger partial charge in [0.2, 0.25) is 0 Å². The first-order chi connectivity index (χ1) is 8.75. The van der Waals surface area contributed by atoms with Gasteiger partial charge >= 0.3 is 0 Å². The van der Waals surface area contributed by atoms with E-state index in [1.165, 1.54) is 6.42 Å². The van der Waals surface area contributed by atoms with Crippen LogP contribution in [0.25, 0.3) is 0 Å². The van der Waals surface area contributed by atoms with Crippen LogP contribution in [0.1, 0.15) is 36.0 Å². The summed E-state index contributed by atoms with van der Waals surface area (Å²) in [6.07, 6.45) is 7.91. The summed E-state index contributed by atoms with van der Waals surface area (Å²) in [5, 5.41) is 2.89. The van der Waals surface area contributed by atoms with Gasteiger partial charge < -0.3 is 10.1 Å². The molecule has 1 N–H and O–H groups in total. The number of hydrogen-bond acceptors (Lipinski definition) is 3. The molecule has 1 aliphatic heterocycles. The Labute approximate surface area is 115 Å². The Balaban J connectivity index is 1.74. The van der Waals surface area contributed by atoms with Crippen molar-refractivity contribution in [2.45, 2.75) is 31.8 Å². The van der Waals surface area contributed by atoms with Gasteiger partial charge in [0.05, 0.1) is 11.7 Å². The molecule has 0 bridgehead atoms. The van der Waals surface area contributed by atoms with Crippen molar-refractivity contribution in [2.24, 2.45) is 0 Å². The van der Waals surface area contributed by atoms with E-state index in [4.69, 9.17) is 4.74 Å². The zero-order valence-corrected chi connectivity index (χ0v) is 11.8. The number of rotatable bonds is 4. The van der Waals surface area contributed by atoms with Crippen molar-refractivity contribution in [3.63, 3.8) is 0 Å². The van der Waals surface area contributed by atoms with E-state index in [1.54, 1.807) is 18.5 Å². The Morgan fingerprint density at radius 2 is 2.39 bits per heavy atom. The fourth-order valence-electron chi connectivity index (χ4n) is 2.02. The van der Waals surface area contributed by atoms with E-state index < -0.39 is 0 Å². The zero-order valence-electron chi connectivity index (χ0n) is 10.2. The van der Waals surface area contributed by atoms with Crippen molar-refractivity contribution in [3.05, 3.63) is 28.5 Å². The lowest BCUT2D eigenvalue weighted by Gasteiger charge is -2.22. The summed E-state index contributed by atoms with van der Waals surface area (Å²) in [6.45, 7) is 1.50. The second-order valence-corrected chi connectivity index (χ2v) is 5.34. The zero-order chi connectivity index (χ0) is 12.8. The Bertz CT molecular complexity index is 406. The molecule has 1 unspecified atom stereocenters. The monoisotopic (exact) mass is 312 g/mol. The van der Waals surface area contributed by atoms with Gasteiger partial charge in [0.1, 0.15) is 0 Å². The van der Waals surface area contributed by atoms with Gasteiger partial charge in [-0.3, -0.25) is 9.78 Å². The molecule has 18 heavy (non-hydrogen) atoms. The summed E-state index contributed by atoms with van der Waals surface area (Å²) in [4.78, 5) is 15.8. The van der Waals surface area contributed by atoms with Crippen LogP contribution in [0.3, 0.4) is 0 Å². The average Bonchev–Trinajstić information content (AvgIpc) is 2.40. The van der Waals surface area contributed by atoms with Gasteiger partial charge in [0, 0.05) is 30.0 Å². The first-order valence-corrected chi connectivity index (χ1v) is 7.05. The highest BCUT2D eigenvalue weighted by molar-refractivity contribution is 9.10. The lowest BCUT2D eigenvalue weighted by atomic mass is 10.1. The Morgan fingerprint density at radius 3 is 3.11 bits per heavy atom. The Kier molecular flexibility index (Phi) is 5.13. The maximum atomic E-state index is 11.8. The minimum Gasteiger partial charge on any atom is -0.378 e. The van der Waals surface area contributed by atoms with Crippen molar-refractivity contribution >= 4 is 21.8 Å². The topological polar surface area (TPSA) is 51.2 Å². The molecule has 2 heterocycles. The van der Waals surface area contributed by atoms with Crippen LogP contribution in [0.5, 0.6) is 0 Å². The Hall–Kier alpha value is -0.940. The van der Waals surface area contributed by atoms with E-state index in [0.717, 1.165) is 30.3 Å². The van der Waals surface area contributed by atoms with E-state index >= 15 is 0 Å². The fraction of sp³-hybridized carbons (Fsp3) is 0.538. The lowest BCUT2D eigenvalue weighted by molar-refractivity contribution is 0.0117. The van der Waals surface area contributed by atoms with Gasteiger partial charge in [0.25, 0.3) is 5.91 Å². The average molecular weight is 313 g/mol. The first kappa shape index (κ1) is 13.5. The molecule has 1 fully saturated rings. The molecule has 98 valence electrons. The molecule has 1 saturated heterocycles. The summed E-state index contributed by atoms with van der Waals surface area (Å²) in [5.41, 5.74) is 0.578. The molecular formula is C13H17BrN2O2. The van der Waals surface area contributed by atoms with Gasteiger partial charge in [-0.15, -0.1) is 0 Å². The molecule has 2 rings (SSSR count). The SMILES string of the molecule is O=C(NCCC1CCCCO1)c1cncc(Br)c1. The standard InChI is InChI=1S/C13H17BrN2O2/c14-11-7-10(8-15-9-11)13(17)16-5-4-12-3-1-2-6-18-12/h7-9,12H,1-6H2,(H,16,17). The van der Waals surface area contributed by atoms with Crippen molar-refractivity contribution in [1.29, 1.82) is 0 Å². The highest BCUT2D eigenvalue weighted by Crippen LogP contribution is 2.15. The van der Waals surface area contributed by atoms with Gasteiger partial charge in [-0.1, -0.05) is 0 Å². The number of hydrogen-bond donors (Lipinski definition) is 1. The van der Waals surface area contributed by atoms with E-state index in [2.05, 4.69) is 26.2 Å². The second-order valence-electron chi connectivity index (χ2n) is 4.42. The molecule has 0 aromatic carbocycles. The molecule has 1 atom stereocenters.